The molecule has 0 fully saturated rings. The van der Waals surface area contributed by atoms with E-state index in [-0.39, 0.29) is 12.1 Å². The van der Waals surface area contributed by atoms with E-state index in [4.69, 9.17) is 4.74 Å². The van der Waals surface area contributed by atoms with Gasteiger partial charge in [0.15, 0.2) is 0 Å². The van der Waals surface area contributed by atoms with E-state index in [2.05, 4.69) is 26.8 Å². The fraction of sp³-hybridized carbons (Fsp3) is 0.381. The fourth-order valence-electron chi connectivity index (χ4n) is 2.90. The summed E-state index contributed by atoms with van der Waals surface area (Å²) in [5, 5.41) is 0. The van der Waals surface area contributed by atoms with Crippen LogP contribution in [0, 0.1) is 0 Å². The van der Waals surface area contributed by atoms with Crippen LogP contribution >= 0.6 is 0 Å². The molecule has 2 atom stereocenters. The number of carbonyl (C=O) groups is 1. The summed E-state index contributed by atoms with van der Waals surface area (Å²) in [6.45, 7) is 8.37. The summed E-state index contributed by atoms with van der Waals surface area (Å²) in [7, 11) is 0. The molecule has 0 aromatic heterocycles. The van der Waals surface area contributed by atoms with Crippen LogP contribution in [0.1, 0.15) is 73.2 Å². The van der Waals surface area contributed by atoms with E-state index >= 15 is 0 Å². The van der Waals surface area contributed by atoms with Crippen molar-refractivity contribution in [1.82, 2.24) is 0 Å². The molecule has 2 nitrogen and oxygen atoms in total. The summed E-state index contributed by atoms with van der Waals surface area (Å²) >= 11 is 0. The molecule has 0 bridgehead atoms. The minimum absolute atomic E-state index is 0.230. The molecule has 0 saturated carbocycles. The predicted octanol–water partition coefficient (Wildman–Crippen LogP) is 5.68. The highest BCUT2D eigenvalue weighted by molar-refractivity contribution is 5.92. The fourth-order valence-corrected chi connectivity index (χ4v) is 2.90. The van der Waals surface area contributed by atoms with Gasteiger partial charge in [0.05, 0.1) is 5.56 Å². The number of esters is 1. The quantitative estimate of drug-likeness (QED) is 0.641. The SMILES string of the molecule is CCc1cccc(C(=O)OC(C)c2ccccc2)c1C(C)CC. The average molecular weight is 310 g/mol. The molecule has 0 N–H and O–H groups in total. The van der Waals surface area contributed by atoms with Gasteiger partial charge >= 0.3 is 5.97 Å². The van der Waals surface area contributed by atoms with Crippen molar-refractivity contribution in [1.29, 1.82) is 0 Å². The largest absolute Gasteiger partial charge is 0.454 e. The van der Waals surface area contributed by atoms with Crippen molar-refractivity contribution in [3.8, 4) is 0 Å². The molecule has 0 aliphatic carbocycles. The van der Waals surface area contributed by atoms with Gasteiger partial charge in [-0.1, -0.05) is 63.2 Å². The van der Waals surface area contributed by atoms with Gasteiger partial charge in [-0.2, -0.15) is 0 Å². The Hall–Kier alpha value is -2.09. The third kappa shape index (κ3) is 4.01. The van der Waals surface area contributed by atoms with E-state index in [9.17, 15) is 4.79 Å². The van der Waals surface area contributed by atoms with Crippen LogP contribution in [-0.4, -0.2) is 5.97 Å². The number of aryl methyl sites for hydroxylation is 1. The molecule has 0 radical (unpaired) electrons. The third-order valence-electron chi connectivity index (χ3n) is 4.46. The first-order chi connectivity index (χ1) is 11.1. The van der Waals surface area contributed by atoms with Gasteiger partial charge in [0.2, 0.25) is 0 Å². The zero-order valence-electron chi connectivity index (χ0n) is 14.5. The van der Waals surface area contributed by atoms with Crippen molar-refractivity contribution in [2.24, 2.45) is 0 Å². The van der Waals surface area contributed by atoms with E-state index in [1.807, 2.05) is 49.4 Å². The highest BCUT2D eigenvalue weighted by atomic mass is 16.5. The van der Waals surface area contributed by atoms with Crippen molar-refractivity contribution in [3.63, 3.8) is 0 Å². The molecule has 0 aliphatic rings. The Bertz CT molecular complexity index is 646. The number of benzene rings is 2. The first-order valence-corrected chi connectivity index (χ1v) is 8.46. The average Bonchev–Trinajstić information content (AvgIpc) is 2.60. The number of hydrogen-bond donors (Lipinski definition) is 0. The van der Waals surface area contributed by atoms with E-state index in [1.54, 1.807) is 0 Å². The Morgan fingerprint density at radius 1 is 1.00 bits per heavy atom. The summed E-state index contributed by atoms with van der Waals surface area (Å²) in [6, 6.07) is 15.8. The summed E-state index contributed by atoms with van der Waals surface area (Å²) in [5.74, 6) is 0.118. The molecule has 2 aromatic rings. The van der Waals surface area contributed by atoms with Crippen LogP contribution in [0.3, 0.4) is 0 Å². The normalized spacial score (nSPS) is 13.4. The maximum absolute atomic E-state index is 12.7. The Morgan fingerprint density at radius 2 is 1.70 bits per heavy atom. The lowest BCUT2D eigenvalue weighted by molar-refractivity contribution is 0.0336. The second kappa shape index (κ2) is 7.96. The van der Waals surface area contributed by atoms with Gasteiger partial charge in [0, 0.05) is 0 Å². The smallest absolute Gasteiger partial charge is 0.339 e. The van der Waals surface area contributed by atoms with E-state index in [1.165, 1.54) is 5.56 Å². The van der Waals surface area contributed by atoms with Crippen LogP contribution in [0.5, 0.6) is 0 Å². The molecule has 2 unspecified atom stereocenters. The molecule has 0 aliphatic heterocycles. The van der Waals surface area contributed by atoms with Gasteiger partial charge in [-0.25, -0.2) is 4.79 Å². The first kappa shape index (κ1) is 17.3. The maximum Gasteiger partial charge on any atom is 0.339 e. The Balaban J connectivity index is 2.29. The molecule has 2 aromatic carbocycles. The number of carbonyl (C=O) groups excluding carboxylic acids is 1. The second-order valence-electron chi connectivity index (χ2n) is 6.00. The number of rotatable bonds is 6. The van der Waals surface area contributed by atoms with Crippen LogP contribution in [0.15, 0.2) is 48.5 Å². The van der Waals surface area contributed by atoms with Gasteiger partial charge in [-0.3, -0.25) is 0 Å². The first-order valence-electron chi connectivity index (χ1n) is 8.46. The molecular weight excluding hydrogens is 284 g/mol. The maximum atomic E-state index is 12.7. The van der Waals surface area contributed by atoms with Crippen molar-refractivity contribution in [3.05, 3.63) is 70.8 Å². The molecule has 0 saturated heterocycles. The van der Waals surface area contributed by atoms with Crippen LogP contribution in [-0.2, 0) is 11.2 Å². The Kier molecular flexibility index (Phi) is 5.97. The lowest BCUT2D eigenvalue weighted by Crippen LogP contribution is -2.14. The van der Waals surface area contributed by atoms with E-state index < -0.39 is 0 Å². The molecule has 0 heterocycles. The van der Waals surface area contributed by atoms with Gasteiger partial charge in [0.1, 0.15) is 6.10 Å². The third-order valence-corrected chi connectivity index (χ3v) is 4.46. The Labute approximate surface area is 139 Å². The van der Waals surface area contributed by atoms with Gasteiger partial charge in [-0.15, -0.1) is 0 Å². The standard InChI is InChI=1S/C21H26O2/c1-5-15(3)20-17(6-2)13-10-14-19(20)21(22)23-16(4)18-11-8-7-9-12-18/h7-16H,5-6H2,1-4H3. The number of hydrogen-bond acceptors (Lipinski definition) is 2. The summed E-state index contributed by atoms with van der Waals surface area (Å²) < 4.78 is 5.72. The zero-order valence-corrected chi connectivity index (χ0v) is 14.5. The number of ether oxygens (including phenoxy) is 1. The zero-order chi connectivity index (χ0) is 16.8. The lowest BCUT2D eigenvalue weighted by atomic mass is 9.88. The van der Waals surface area contributed by atoms with E-state index in [0.29, 0.717) is 11.5 Å². The molecule has 0 spiro atoms. The molecular formula is C21H26O2. The highest BCUT2D eigenvalue weighted by Gasteiger charge is 2.21. The molecule has 122 valence electrons. The molecule has 2 heteroatoms. The summed E-state index contributed by atoms with van der Waals surface area (Å²) in [5.41, 5.74) is 4.10. The van der Waals surface area contributed by atoms with Gasteiger partial charge in [0.25, 0.3) is 0 Å². The summed E-state index contributed by atoms with van der Waals surface area (Å²) in [4.78, 5) is 12.7. The Morgan fingerprint density at radius 3 is 2.30 bits per heavy atom. The monoisotopic (exact) mass is 310 g/mol. The van der Waals surface area contributed by atoms with E-state index in [0.717, 1.165) is 24.0 Å². The lowest BCUT2D eigenvalue weighted by Gasteiger charge is -2.20. The second-order valence-corrected chi connectivity index (χ2v) is 6.00. The van der Waals surface area contributed by atoms with Crippen LogP contribution < -0.4 is 0 Å². The van der Waals surface area contributed by atoms with Crippen LogP contribution in [0.2, 0.25) is 0 Å². The van der Waals surface area contributed by atoms with Crippen LogP contribution in [0.25, 0.3) is 0 Å². The molecule has 2 rings (SSSR count). The molecule has 0 amide bonds. The summed E-state index contributed by atoms with van der Waals surface area (Å²) in [6.07, 6.45) is 1.68. The molecule has 23 heavy (non-hydrogen) atoms. The van der Waals surface area contributed by atoms with Crippen molar-refractivity contribution in [2.75, 3.05) is 0 Å². The minimum atomic E-state index is -0.251. The van der Waals surface area contributed by atoms with Gasteiger partial charge in [-0.05, 0) is 48.4 Å². The van der Waals surface area contributed by atoms with Crippen molar-refractivity contribution < 1.29 is 9.53 Å². The minimum Gasteiger partial charge on any atom is -0.454 e. The van der Waals surface area contributed by atoms with Crippen LogP contribution in [0.4, 0.5) is 0 Å². The van der Waals surface area contributed by atoms with Crippen molar-refractivity contribution >= 4 is 5.97 Å². The van der Waals surface area contributed by atoms with Crippen molar-refractivity contribution in [2.45, 2.75) is 52.6 Å². The van der Waals surface area contributed by atoms with Gasteiger partial charge < -0.3 is 4.74 Å². The highest BCUT2D eigenvalue weighted by Crippen LogP contribution is 2.29. The topological polar surface area (TPSA) is 26.3 Å². The predicted molar refractivity (Wildman–Crippen MR) is 94.8 cm³/mol.